The number of aliphatic hydroxyl groups is 1. The SMILES string of the molecule is C[C@H](CO)NC(=O)C1(CN)CC1. The third-order valence-corrected chi connectivity index (χ3v) is 2.38. The summed E-state index contributed by atoms with van der Waals surface area (Å²) in [5, 5.41) is 11.4. The average Bonchev–Trinajstić information content (AvgIpc) is 2.84. The maximum absolute atomic E-state index is 11.4. The molecule has 0 aliphatic heterocycles. The van der Waals surface area contributed by atoms with Gasteiger partial charge in [-0.15, -0.1) is 0 Å². The highest BCUT2D eigenvalue weighted by molar-refractivity contribution is 5.85. The van der Waals surface area contributed by atoms with Crippen molar-refractivity contribution in [3.8, 4) is 0 Å². The molecule has 0 spiro atoms. The fourth-order valence-electron chi connectivity index (χ4n) is 1.10. The molecule has 0 radical (unpaired) electrons. The van der Waals surface area contributed by atoms with E-state index in [0.717, 1.165) is 12.8 Å². The molecule has 4 N–H and O–H groups in total. The highest BCUT2D eigenvalue weighted by Crippen LogP contribution is 2.44. The van der Waals surface area contributed by atoms with E-state index in [9.17, 15) is 4.79 Å². The molecule has 0 aromatic rings. The minimum atomic E-state index is -0.302. The summed E-state index contributed by atoms with van der Waals surface area (Å²) in [7, 11) is 0. The fraction of sp³-hybridized carbons (Fsp3) is 0.875. The molecular weight excluding hydrogens is 156 g/mol. The molecule has 1 aliphatic carbocycles. The molecule has 1 amide bonds. The molecule has 1 atom stereocenters. The van der Waals surface area contributed by atoms with Crippen LogP contribution in [-0.2, 0) is 4.79 Å². The molecule has 4 nitrogen and oxygen atoms in total. The first kappa shape index (κ1) is 9.48. The fourth-order valence-corrected chi connectivity index (χ4v) is 1.10. The standard InChI is InChI=1S/C8H16N2O2/c1-6(4-11)10-7(12)8(5-9)2-3-8/h6,11H,2-5,9H2,1H3,(H,10,12)/t6-/m1/s1. The Hall–Kier alpha value is -0.610. The second-order valence-electron chi connectivity index (χ2n) is 3.54. The van der Waals surface area contributed by atoms with Gasteiger partial charge in [0.1, 0.15) is 0 Å². The van der Waals surface area contributed by atoms with Crippen molar-refractivity contribution in [3.05, 3.63) is 0 Å². The third-order valence-electron chi connectivity index (χ3n) is 2.38. The van der Waals surface area contributed by atoms with Crippen molar-refractivity contribution in [3.63, 3.8) is 0 Å². The van der Waals surface area contributed by atoms with Gasteiger partial charge >= 0.3 is 0 Å². The lowest BCUT2D eigenvalue weighted by molar-refractivity contribution is -0.126. The number of nitrogens with two attached hydrogens (primary N) is 1. The topological polar surface area (TPSA) is 75.3 Å². The summed E-state index contributed by atoms with van der Waals surface area (Å²) in [5.74, 6) is -0.00782. The molecule has 12 heavy (non-hydrogen) atoms. The molecule has 0 heterocycles. The zero-order valence-electron chi connectivity index (χ0n) is 7.34. The van der Waals surface area contributed by atoms with Crippen LogP contribution in [0.25, 0.3) is 0 Å². The van der Waals surface area contributed by atoms with E-state index in [-0.39, 0.29) is 24.0 Å². The molecule has 1 aliphatic rings. The van der Waals surface area contributed by atoms with Gasteiger partial charge in [0.15, 0.2) is 0 Å². The van der Waals surface area contributed by atoms with Crippen LogP contribution in [0.1, 0.15) is 19.8 Å². The predicted molar refractivity (Wildman–Crippen MR) is 45.4 cm³/mol. The summed E-state index contributed by atoms with van der Waals surface area (Å²) in [4.78, 5) is 11.4. The molecule has 0 unspecified atom stereocenters. The first-order chi connectivity index (χ1) is 5.64. The molecule has 1 fully saturated rings. The van der Waals surface area contributed by atoms with Gasteiger partial charge in [-0.1, -0.05) is 0 Å². The Kier molecular flexibility index (Phi) is 2.69. The molecule has 1 saturated carbocycles. The first-order valence-electron chi connectivity index (χ1n) is 4.26. The Balaban J connectivity index is 2.38. The van der Waals surface area contributed by atoms with Gasteiger partial charge in [0.25, 0.3) is 0 Å². The predicted octanol–water partition coefficient (Wildman–Crippen LogP) is -0.778. The highest BCUT2D eigenvalue weighted by atomic mass is 16.3. The molecule has 4 heteroatoms. The van der Waals surface area contributed by atoms with Gasteiger partial charge < -0.3 is 16.2 Å². The number of hydrogen-bond acceptors (Lipinski definition) is 3. The average molecular weight is 172 g/mol. The zero-order valence-corrected chi connectivity index (χ0v) is 7.34. The number of aliphatic hydroxyl groups excluding tert-OH is 1. The van der Waals surface area contributed by atoms with Crippen molar-refractivity contribution < 1.29 is 9.90 Å². The summed E-state index contributed by atoms with van der Waals surface area (Å²) < 4.78 is 0. The molecule has 0 bridgehead atoms. The molecular formula is C8H16N2O2. The van der Waals surface area contributed by atoms with E-state index in [4.69, 9.17) is 10.8 Å². The highest BCUT2D eigenvalue weighted by Gasteiger charge is 2.48. The van der Waals surface area contributed by atoms with Gasteiger partial charge in [-0.05, 0) is 19.8 Å². The Labute approximate surface area is 72.1 Å². The largest absolute Gasteiger partial charge is 0.394 e. The summed E-state index contributed by atoms with van der Waals surface area (Å²) in [6.07, 6.45) is 1.76. The van der Waals surface area contributed by atoms with E-state index in [1.54, 1.807) is 6.92 Å². The maximum Gasteiger partial charge on any atom is 0.227 e. The maximum atomic E-state index is 11.4. The Morgan fingerprint density at radius 1 is 1.75 bits per heavy atom. The third kappa shape index (κ3) is 1.76. The summed E-state index contributed by atoms with van der Waals surface area (Å²) in [6.45, 7) is 2.16. The van der Waals surface area contributed by atoms with Crippen LogP contribution < -0.4 is 11.1 Å². The van der Waals surface area contributed by atoms with Crippen LogP contribution >= 0.6 is 0 Å². The molecule has 1 rings (SSSR count). The van der Waals surface area contributed by atoms with Crippen LogP contribution in [-0.4, -0.2) is 30.2 Å². The van der Waals surface area contributed by atoms with Crippen LogP contribution in [0.3, 0.4) is 0 Å². The van der Waals surface area contributed by atoms with Gasteiger partial charge in [0.05, 0.1) is 12.0 Å². The van der Waals surface area contributed by atoms with Crippen LogP contribution in [0.4, 0.5) is 0 Å². The Bertz CT molecular complexity index is 178. The number of nitrogens with one attached hydrogen (secondary N) is 1. The second kappa shape index (κ2) is 3.41. The Morgan fingerprint density at radius 3 is 2.67 bits per heavy atom. The lowest BCUT2D eigenvalue weighted by atomic mass is 10.1. The van der Waals surface area contributed by atoms with Gasteiger partial charge in [-0.3, -0.25) is 4.79 Å². The van der Waals surface area contributed by atoms with E-state index >= 15 is 0 Å². The van der Waals surface area contributed by atoms with E-state index in [2.05, 4.69) is 5.32 Å². The lowest BCUT2D eigenvalue weighted by Gasteiger charge is -2.16. The Morgan fingerprint density at radius 2 is 2.33 bits per heavy atom. The number of carbonyl (C=O) groups excluding carboxylic acids is 1. The van der Waals surface area contributed by atoms with Crippen LogP contribution in [0.5, 0.6) is 0 Å². The molecule has 0 aromatic carbocycles. The van der Waals surface area contributed by atoms with Gasteiger partial charge in [-0.2, -0.15) is 0 Å². The van der Waals surface area contributed by atoms with Gasteiger partial charge in [0, 0.05) is 12.6 Å². The first-order valence-corrected chi connectivity index (χ1v) is 4.26. The van der Waals surface area contributed by atoms with E-state index in [0.29, 0.717) is 6.54 Å². The molecule has 0 aromatic heterocycles. The van der Waals surface area contributed by atoms with Gasteiger partial charge in [0.2, 0.25) is 5.91 Å². The zero-order chi connectivity index (χ0) is 9.19. The second-order valence-corrected chi connectivity index (χ2v) is 3.54. The summed E-state index contributed by atoms with van der Waals surface area (Å²) in [5.41, 5.74) is 5.16. The van der Waals surface area contributed by atoms with Crippen molar-refractivity contribution in [1.29, 1.82) is 0 Å². The minimum absolute atomic E-state index is 0.00782. The van der Waals surface area contributed by atoms with E-state index < -0.39 is 0 Å². The monoisotopic (exact) mass is 172 g/mol. The number of hydrogen-bond donors (Lipinski definition) is 3. The van der Waals surface area contributed by atoms with Crippen LogP contribution in [0, 0.1) is 5.41 Å². The normalized spacial score (nSPS) is 21.6. The van der Waals surface area contributed by atoms with Crippen molar-refractivity contribution in [2.75, 3.05) is 13.2 Å². The number of rotatable bonds is 4. The summed E-state index contributed by atoms with van der Waals surface area (Å²) >= 11 is 0. The van der Waals surface area contributed by atoms with Crippen molar-refractivity contribution in [2.24, 2.45) is 11.1 Å². The van der Waals surface area contributed by atoms with Crippen LogP contribution in [0.2, 0.25) is 0 Å². The van der Waals surface area contributed by atoms with Crippen molar-refractivity contribution in [1.82, 2.24) is 5.32 Å². The van der Waals surface area contributed by atoms with E-state index in [1.165, 1.54) is 0 Å². The molecule has 0 saturated heterocycles. The van der Waals surface area contributed by atoms with Crippen molar-refractivity contribution >= 4 is 5.91 Å². The van der Waals surface area contributed by atoms with Crippen LogP contribution in [0.15, 0.2) is 0 Å². The van der Waals surface area contributed by atoms with E-state index in [1.807, 2.05) is 0 Å². The number of amides is 1. The smallest absolute Gasteiger partial charge is 0.227 e. The molecule has 70 valence electrons. The van der Waals surface area contributed by atoms with Gasteiger partial charge in [-0.25, -0.2) is 0 Å². The minimum Gasteiger partial charge on any atom is -0.394 e. The van der Waals surface area contributed by atoms with Crippen molar-refractivity contribution in [2.45, 2.75) is 25.8 Å². The number of carbonyl (C=O) groups is 1. The quantitative estimate of drug-likeness (QED) is 0.521. The summed E-state index contributed by atoms with van der Waals surface area (Å²) in [6, 6.07) is -0.165. The lowest BCUT2D eigenvalue weighted by Crippen LogP contribution is -2.42.